The summed E-state index contributed by atoms with van der Waals surface area (Å²) in [4.78, 5) is 54.0. The van der Waals surface area contributed by atoms with Crippen molar-refractivity contribution in [1.82, 2.24) is 5.06 Å². The Labute approximate surface area is 157 Å². The van der Waals surface area contributed by atoms with Crippen LogP contribution >= 0.6 is 0 Å². The summed E-state index contributed by atoms with van der Waals surface area (Å²) in [6.07, 6.45) is -0.924. The maximum absolute atomic E-state index is 12.2. The predicted molar refractivity (Wildman–Crippen MR) is 97.2 cm³/mol. The maximum atomic E-state index is 12.2. The molecule has 1 aromatic rings. The fourth-order valence-corrected chi connectivity index (χ4v) is 2.70. The van der Waals surface area contributed by atoms with Crippen molar-refractivity contribution in [2.24, 2.45) is 0 Å². The lowest BCUT2D eigenvalue weighted by Gasteiger charge is -2.24. The van der Waals surface area contributed by atoms with E-state index in [0.29, 0.717) is 35.1 Å². The highest BCUT2D eigenvalue weighted by Crippen LogP contribution is 2.26. The smallest absolute Gasteiger partial charge is 0.436 e. The van der Waals surface area contributed by atoms with Crippen LogP contribution in [0.5, 0.6) is 0 Å². The molecule has 1 fully saturated rings. The molecule has 1 aliphatic rings. The van der Waals surface area contributed by atoms with Crippen molar-refractivity contribution in [2.45, 2.75) is 33.6 Å². The van der Waals surface area contributed by atoms with Gasteiger partial charge in [0.05, 0.1) is 17.9 Å². The Bertz CT molecular complexity index is 729. The fraction of sp³-hybridized carbons (Fsp3) is 0.444. The van der Waals surface area contributed by atoms with Crippen molar-refractivity contribution >= 4 is 35.3 Å². The van der Waals surface area contributed by atoms with E-state index in [-0.39, 0.29) is 19.4 Å². The van der Waals surface area contributed by atoms with Crippen LogP contribution in [-0.2, 0) is 19.2 Å². The molecule has 1 heterocycles. The van der Waals surface area contributed by atoms with Crippen molar-refractivity contribution in [2.75, 3.05) is 29.9 Å². The second-order valence-electron chi connectivity index (χ2n) is 5.71. The number of carbonyl (C=O) groups is 4. The molecule has 9 heteroatoms. The van der Waals surface area contributed by atoms with Crippen molar-refractivity contribution in [3.63, 3.8) is 0 Å². The topological polar surface area (TPSA) is 105 Å². The lowest BCUT2D eigenvalue weighted by Crippen LogP contribution is -2.34. The fourth-order valence-electron chi connectivity index (χ4n) is 2.70. The first-order chi connectivity index (χ1) is 12.9. The first-order valence-corrected chi connectivity index (χ1v) is 8.82. The summed E-state index contributed by atoms with van der Waals surface area (Å²) >= 11 is 0. The highest BCUT2D eigenvalue weighted by Gasteiger charge is 2.33. The van der Waals surface area contributed by atoms with Crippen LogP contribution in [0.3, 0.4) is 0 Å². The molecule has 9 nitrogen and oxygen atoms in total. The van der Waals surface area contributed by atoms with E-state index in [2.05, 4.69) is 5.32 Å². The van der Waals surface area contributed by atoms with Gasteiger partial charge in [0.25, 0.3) is 11.8 Å². The van der Waals surface area contributed by atoms with E-state index in [1.165, 1.54) is 6.07 Å². The number of carbonyl (C=O) groups excluding carboxylic acids is 4. The molecule has 1 aliphatic heterocycles. The SMILES string of the molecule is CCOC(=O)c1ccc(NC(=O)ON2C(=O)CCC2=O)cc1N(CC)CC. The zero-order chi connectivity index (χ0) is 20.0. The van der Waals surface area contributed by atoms with Crippen LogP contribution in [0.15, 0.2) is 18.2 Å². The largest absolute Gasteiger partial charge is 0.462 e. The monoisotopic (exact) mass is 377 g/mol. The molecule has 1 N–H and O–H groups in total. The Morgan fingerprint density at radius 1 is 1.11 bits per heavy atom. The summed E-state index contributed by atoms with van der Waals surface area (Å²) in [6, 6.07) is 4.69. The molecule has 0 radical (unpaired) electrons. The lowest BCUT2D eigenvalue weighted by molar-refractivity contribution is -0.170. The summed E-state index contributed by atoms with van der Waals surface area (Å²) < 4.78 is 5.08. The van der Waals surface area contributed by atoms with Crippen LogP contribution in [0.1, 0.15) is 44.0 Å². The van der Waals surface area contributed by atoms with Crippen molar-refractivity contribution in [1.29, 1.82) is 0 Å². The van der Waals surface area contributed by atoms with Crippen molar-refractivity contribution in [3.05, 3.63) is 23.8 Å². The van der Waals surface area contributed by atoms with E-state index in [1.807, 2.05) is 18.7 Å². The number of hydroxylamine groups is 2. The Hall–Kier alpha value is -3.10. The molecular formula is C18H23N3O6. The average Bonchev–Trinajstić information content (AvgIpc) is 2.95. The minimum Gasteiger partial charge on any atom is -0.462 e. The van der Waals surface area contributed by atoms with Gasteiger partial charge in [0, 0.05) is 31.6 Å². The first kappa shape index (κ1) is 20.2. The number of anilines is 2. The van der Waals surface area contributed by atoms with Gasteiger partial charge in [-0.15, -0.1) is 5.06 Å². The number of esters is 1. The first-order valence-electron chi connectivity index (χ1n) is 8.82. The van der Waals surface area contributed by atoms with Crippen LogP contribution in [0.2, 0.25) is 0 Å². The second-order valence-corrected chi connectivity index (χ2v) is 5.71. The van der Waals surface area contributed by atoms with Crippen LogP contribution in [-0.4, -0.2) is 48.6 Å². The molecule has 1 saturated heterocycles. The van der Waals surface area contributed by atoms with Gasteiger partial charge < -0.3 is 14.5 Å². The molecule has 0 bridgehead atoms. The third-order valence-corrected chi connectivity index (χ3v) is 4.02. The van der Waals surface area contributed by atoms with Gasteiger partial charge in [0.2, 0.25) is 0 Å². The zero-order valence-corrected chi connectivity index (χ0v) is 15.6. The van der Waals surface area contributed by atoms with E-state index in [4.69, 9.17) is 9.57 Å². The number of hydrogen-bond acceptors (Lipinski definition) is 7. The predicted octanol–water partition coefficient (Wildman–Crippen LogP) is 2.32. The number of hydrogen-bond donors (Lipinski definition) is 1. The number of rotatable bonds is 7. The van der Waals surface area contributed by atoms with E-state index in [9.17, 15) is 19.2 Å². The number of nitrogens with zero attached hydrogens (tertiary/aromatic N) is 2. The summed E-state index contributed by atoms with van der Waals surface area (Å²) in [7, 11) is 0. The minimum absolute atomic E-state index is 0.0203. The van der Waals surface area contributed by atoms with Gasteiger partial charge in [0.15, 0.2) is 0 Å². The van der Waals surface area contributed by atoms with Gasteiger partial charge in [-0.05, 0) is 39.0 Å². The van der Waals surface area contributed by atoms with Crippen LogP contribution in [0.25, 0.3) is 0 Å². The van der Waals surface area contributed by atoms with Crippen LogP contribution < -0.4 is 10.2 Å². The summed E-state index contributed by atoms with van der Waals surface area (Å²) in [5.41, 5.74) is 1.34. The van der Waals surface area contributed by atoms with Gasteiger partial charge in [-0.3, -0.25) is 14.9 Å². The number of benzene rings is 1. The Morgan fingerprint density at radius 2 is 1.74 bits per heavy atom. The molecule has 0 aliphatic carbocycles. The van der Waals surface area contributed by atoms with E-state index >= 15 is 0 Å². The number of imide groups is 1. The van der Waals surface area contributed by atoms with Gasteiger partial charge in [-0.1, -0.05) is 0 Å². The quantitative estimate of drug-likeness (QED) is 0.574. The summed E-state index contributed by atoms with van der Waals surface area (Å²) in [5, 5.41) is 2.93. The van der Waals surface area contributed by atoms with Gasteiger partial charge in [0.1, 0.15) is 0 Å². The molecule has 146 valence electrons. The normalized spacial score (nSPS) is 13.5. The Balaban J connectivity index is 2.20. The average molecular weight is 377 g/mol. The molecule has 27 heavy (non-hydrogen) atoms. The highest BCUT2D eigenvalue weighted by molar-refractivity contribution is 6.02. The molecule has 2 rings (SSSR count). The van der Waals surface area contributed by atoms with E-state index in [0.717, 1.165) is 0 Å². The molecule has 1 aromatic carbocycles. The summed E-state index contributed by atoms with van der Waals surface area (Å²) in [6.45, 7) is 7.15. The molecule has 0 spiro atoms. The zero-order valence-electron chi connectivity index (χ0n) is 15.6. The number of ether oxygens (including phenoxy) is 1. The standard InChI is InChI=1S/C18H23N3O6/c1-4-20(5-2)14-11-12(7-8-13(14)17(24)26-6-3)19-18(25)27-21-15(22)9-10-16(21)23/h7-8,11H,4-6,9-10H2,1-3H3,(H,19,25). The third kappa shape index (κ3) is 4.75. The van der Waals surface area contributed by atoms with Crippen LogP contribution in [0.4, 0.5) is 16.2 Å². The second kappa shape index (κ2) is 9.02. The van der Waals surface area contributed by atoms with E-state index in [1.54, 1.807) is 19.1 Å². The molecule has 0 unspecified atom stereocenters. The Morgan fingerprint density at radius 3 is 2.30 bits per heavy atom. The molecule has 0 aromatic heterocycles. The maximum Gasteiger partial charge on any atom is 0.436 e. The van der Waals surface area contributed by atoms with Crippen molar-refractivity contribution < 1.29 is 28.8 Å². The number of nitrogens with one attached hydrogen (secondary N) is 1. The molecule has 3 amide bonds. The van der Waals surface area contributed by atoms with Gasteiger partial charge in [-0.25, -0.2) is 9.59 Å². The number of amides is 3. The van der Waals surface area contributed by atoms with E-state index < -0.39 is 23.9 Å². The van der Waals surface area contributed by atoms with Gasteiger partial charge in [-0.2, -0.15) is 0 Å². The molecule has 0 atom stereocenters. The molecule has 0 saturated carbocycles. The third-order valence-electron chi connectivity index (χ3n) is 4.02. The minimum atomic E-state index is -0.965. The van der Waals surface area contributed by atoms with Crippen LogP contribution in [0, 0.1) is 0 Å². The molecular weight excluding hydrogens is 354 g/mol. The highest BCUT2D eigenvalue weighted by atomic mass is 16.7. The Kier molecular flexibility index (Phi) is 6.75. The van der Waals surface area contributed by atoms with Crippen molar-refractivity contribution in [3.8, 4) is 0 Å². The van der Waals surface area contributed by atoms with Gasteiger partial charge >= 0.3 is 12.1 Å². The summed E-state index contributed by atoms with van der Waals surface area (Å²) in [5.74, 6) is -1.57. The lowest BCUT2D eigenvalue weighted by atomic mass is 10.1.